The quantitative estimate of drug-likeness (QED) is 0.615. The van der Waals surface area contributed by atoms with Crippen LogP contribution in [0.2, 0.25) is 0 Å². The smallest absolute Gasteiger partial charge is 0.289 e. The number of sulfonamides is 1. The number of hydrogen-bond acceptors (Lipinski definition) is 5. The normalized spacial score (nSPS) is 13.3. The minimum atomic E-state index is -4.04. The number of nitrogens with one attached hydrogen (secondary N) is 1. The zero-order chi connectivity index (χ0) is 13.9. The third-order valence-corrected chi connectivity index (χ3v) is 3.92. The molecule has 0 fully saturated rings. The predicted octanol–water partition coefficient (Wildman–Crippen LogP) is 1.02. The highest BCUT2D eigenvalue weighted by atomic mass is 79.9. The van der Waals surface area contributed by atoms with E-state index < -0.39 is 31.6 Å². The molecule has 9 heteroatoms. The molecule has 0 radical (unpaired) electrons. The first-order valence-corrected chi connectivity index (χ1v) is 7.13. The summed E-state index contributed by atoms with van der Waals surface area (Å²) < 4.78 is 26.2. The Kier molecular flexibility index (Phi) is 4.79. The first-order valence-electron chi connectivity index (χ1n) is 4.85. The number of nitrogens with zero attached hydrogens (tertiary/aromatic N) is 1. The van der Waals surface area contributed by atoms with E-state index in [1.807, 2.05) is 0 Å². The second-order valence-electron chi connectivity index (χ2n) is 3.57. The topological polar surface area (TPSA) is 110 Å². The summed E-state index contributed by atoms with van der Waals surface area (Å²) in [6, 6.07) is 3.62. The molecule has 2 N–H and O–H groups in total. The molecule has 18 heavy (non-hydrogen) atoms. The SMILES string of the molecule is CC(O)CNS(=O)(=O)c1cc(Br)ccc1[N+](=O)[O-]. The molecule has 7 nitrogen and oxygen atoms in total. The number of nitro groups is 1. The molecule has 0 heterocycles. The Morgan fingerprint density at radius 2 is 2.17 bits per heavy atom. The molecular formula is C9H11BrN2O5S. The van der Waals surface area contributed by atoms with Crippen molar-refractivity contribution in [2.45, 2.75) is 17.9 Å². The number of aliphatic hydroxyl groups excluding tert-OH is 1. The Hall–Kier alpha value is -1.03. The summed E-state index contributed by atoms with van der Waals surface area (Å²) in [7, 11) is -4.04. The molecule has 0 spiro atoms. The van der Waals surface area contributed by atoms with Gasteiger partial charge in [0.15, 0.2) is 4.90 Å². The molecule has 1 aromatic carbocycles. The summed E-state index contributed by atoms with van der Waals surface area (Å²) in [6.07, 6.45) is -0.883. The van der Waals surface area contributed by atoms with E-state index >= 15 is 0 Å². The molecule has 1 aromatic rings. The van der Waals surface area contributed by atoms with Crippen molar-refractivity contribution in [2.24, 2.45) is 0 Å². The van der Waals surface area contributed by atoms with Crippen molar-refractivity contribution in [3.8, 4) is 0 Å². The Morgan fingerprint density at radius 1 is 1.56 bits per heavy atom. The highest BCUT2D eigenvalue weighted by Gasteiger charge is 2.25. The molecule has 0 saturated heterocycles. The van der Waals surface area contributed by atoms with Crippen LogP contribution in [0.5, 0.6) is 0 Å². The van der Waals surface area contributed by atoms with Gasteiger partial charge in [-0.2, -0.15) is 0 Å². The molecule has 0 saturated carbocycles. The molecule has 1 rings (SSSR count). The predicted molar refractivity (Wildman–Crippen MR) is 67.7 cm³/mol. The van der Waals surface area contributed by atoms with Crippen LogP contribution in [0.1, 0.15) is 6.92 Å². The van der Waals surface area contributed by atoms with E-state index in [4.69, 9.17) is 5.11 Å². The number of benzene rings is 1. The van der Waals surface area contributed by atoms with Crippen LogP contribution in [0.4, 0.5) is 5.69 Å². The Morgan fingerprint density at radius 3 is 2.67 bits per heavy atom. The minimum absolute atomic E-state index is 0.216. The zero-order valence-electron chi connectivity index (χ0n) is 9.33. The summed E-state index contributed by atoms with van der Waals surface area (Å²) in [6.45, 7) is 1.18. The van der Waals surface area contributed by atoms with Crippen LogP contribution < -0.4 is 4.72 Å². The van der Waals surface area contributed by atoms with Gasteiger partial charge in [-0.1, -0.05) is 15.9 Å². The minimum Gasteiger partial charge on any atom is -0.392 e. The van der Waals surface area contributed by atoms with E-state index in [1.54, 1.807) is 0 Å². The Labute approximate surface area is 112 Å². The standard InChI is InChI=1S/C9H11BrN2O5S/c1-6(13)5-11-18(16,17)9-4-7(10)2-3-8(9)12(14)15/h2-4,6,11,13H,5H2,1H3. The van der Waals surface area contributed by atoms with Gasteiger partial charge in [-0.25, -0.2) is 13.1 Å². The third kappa shape index (κ3) is 3.73. The fourth-order valence-electron chi connectivity index (χ4n) is 1.16. The van der Waals surface area contributed by atoms with E-state index in [-0.39, 0.29) is 6.54 Å². The lowest BCUT2D eigenvalue weighted by atomic mass is 10.3. The lowest BCUT2D eigenvalue weighted by molar-refractivity contribution is -0.387. The summed E-state index contributed by atoms with van der Waals surface area (Å²) >= 11 is 3.05. The van der Waals surface area contributed by atoms with E-state index in [0.717, 1.165) is 12.1 Å². The summed E-state index contributed by atoms with van der Waals surface area (Å²) in [5.41, 5.74) is -0.517. The van der Waals surface area contributed by atoms with E-state index in [0.29, 0.717) is 4.47 Å². The van der Waals surface area contributed by atoms with Crippen molar-refractivity contribution < 1.29 is 18.4 Å². The molecule has 1 unspecified atom stereocenters. The van der Waals surface area contributed by atoms with Crippen molar-refractivity contribution in [3.05, 3.63) is 32.8 Å². The largest absolute Gasteiger partial charge is 0.392 e. The van der Waals surface area contributed by atoms with Crippen LogP contribution in [-0.2, 0) is 10.0 Å². The van der Waals surface area contributed by atoms with Crippen molar-refractivity contribution in [3.63, 3.8) is 0 Å². The molecule has 0 aromatic heterocycles. The lowest BCUT2D eigenvalue weighted by Crippen LogP contribution is -2.31. The number of hydrogen-bond donors (Lipinski definition) is 2. The van der Waals surface area contributed by atoms with E-state index in [2.05, 4.69) is 20.7 Å². The second-order valence-corrected chi connectivity index (χ2v) is 6.22. The monoisotopic (exact) mass is 338 g/mol. The van der Waals surface area contributed by atoms with Crippen molar-refractivity contribution in [2.75, 3.05) is 6.54 Å². The molecule has 0 amide bonds. The van der Waals surface area contributed by atoms with Gasteiger partial charge >= 0.3 is 0 Å². The lowest BCUT2D eigenvalue weighted by Gasteiger charge is -2.09. The summed E-state index contributed by atoms with van der Waals surface area (Å²) in [5, 5.41) is 19.8. The molecule has 100 valence electrons. The van der Waals surface area contributed by atoms with E-state index in [9.17, 15) is 18.5 Å². The van der Waals surface area contributed by atoms with Crippen LogP contribution in [0.15, 0.2) is 27.6 Å². The first kappa shape index (κ1) is 15.0. The second kappa shape index (κ2) is 5.74. The maximum absolute atomic E-state index is 11.9. The summed E-state index contributed by atoms with van der Waals surface area (Å²) in [5.74, 6) is 0. The van der Waals surface area contributed by atoms with Gasteiger partial charge in [0, 0.05) is 17.1 Å². The fraction of sp³-hybridized carbons (Fsp3) is 0.333. The van der Waals surface area contributed by atoms with Gasteiger partial charge in [0.1, 0.15) is 0 Å². The maximum Gasteiger partial charge on any atom is 0.289 e. The molecule has 1 atom stereocenters. The fourth-order valence-corrected chi connectivity index (χ4v) is 2.99. The highest BCUT2D eigenvalue weighted by molar-refractivity contribution is 9.10. The molecule has 0 aliphatic carbocycles. The van der Waals surface area contributed by atoms with Gasteiger partial charge in [-0.15, -0.1) is 0 Å². The molecule has 0 aliphatic rings. The van der Waals surface area contributed by atoms with Gasteiger partial charge in [0.25, 0.3) is 5.69 Å². The van der Waals surface area contributed by atoms with E-state index in [1.165, 1.54) is 13.0 Å². The van der Waals surface area contributed by atoms with Gasteiger partial charge in [0.2, 0.25) is 10.0 Å². The highest BCUT2D eigenvalue weighted by Crippen LogP contribution is 2.26. The average Bonchev–Trinajstić information content (AvgIpc) is 2.26. The number of rotatable bonds is 5. The number of nitro benzene ring substituents is 1. The number of aliphatic hydroxyl groups is 1. The van der Waals surface area contributed by atoms with Crippen LogP contribution in [0.25, 0.3) is 0 Å². The molecule has 0 aliphatic heterocycles. The molecular weight excluding hydrogens is 328 g/mol. The number of halogens is 1. The average molecular weight is 339 g/mol. The van der Waals surface area contributed by atoms with Gasteiger partial charge in [0.05, 0.1) is 11.0 Å². The van der Waals surface area contributed by atoms with Crippen molar-refractivity contribution in [1.29, 1.82) is 0 Å². The Bertz CT molecular complexity index is 558. The first-order chi connectivity index (χ1) is 8.24. The van der Waals surface area contributed by atoms with Crippen LogP contribution in [0.3, 0.4) is 0 Å². The zero-order valence-corrected chi connectivity index (χ0v) is 11.7. The maximum atomic E-state index is 11.9. The van der Waals surface area contributed by atoms with Crippen LogP contribution >= 0.6 is 15.9 Å². The van der Waals surface area contributed by atoms with Gasteiger partial charge < -0.3 is 5.11 Å². The Balaban J connectivity index is 3.22. The van der Waals surface area contributed by atoms with Crippen LogP contribution in [0, 0.1) is 10.1 Å². The third-order valence-electron chi connectivity index (χ3n) is 1.98. The van der Waals surface area contributed by atoms with Gasteiger partial charge in [-0.05, 0) is 19.1 Å². The van der Waals surface area contributed by atoms with Crippen molar-refractivity contribution in [1.82, 2.24) is 4.72 Å². The van der Waals surface area contributed by atoms with Crippen LogP contribution in [-0.4, -0.2) is 31.1 Å². The van der Waals surface area contributed by atoms with Gasteiger partial charge in [-0.3, -0.25) is 10.1 Å². The summed E-state index contributed by atoms with van der Waals surface area (Å²) in [4.78, 5) is 9.55. The molecule has 0 bridgehead atoms. The van der Waals surface area contributed by atoms with Crippen molar-refractivity contribution >= 4 is 31.6 Å².